The van der Waals surface area contributed by atoms with Gasteiger partial charge in [0.05, 0.1) is 22.2 Å². The summed E-state index contributed by atoms with van der Waals surface area (Å²) in [6, 6.07) is 42.9. The van der Waals surface area contributed by atoms with Crippen LogP contribution >= 0.6 is 0 Å². The van der Waals surface area contributed by atoms with Gasteiger partial charge in [-0.2, -0.15) is 0 Å². The van der Waals surface area contributed by atoms with E-state index < -0.39 is 0 Å². The molecule has 9 rings (SSSR count). The first kappa shape index (κ1) is 24.4. The number of nitrogens with zero attached hydrogens (tertiary/aromatic N) is 6. The molecule has 0 spiro atoms. The van der Waals surface area contributed by atoms with Crippen LogP contribution in [0.1, 0.15) is 0 Å². The van der Waals surface area contributed by atoms with Crippen LogP contribution < -0.4 is 4.74 Å². The van der Waals surface area contributed by atoms with Crippen LogP contribution in [-0.2, 0) is 0 Å². The molecule has 5 aromatic heterocycles. The van der Waals surface area contributed by atoms with Crippen molar-refractivity contribution in [1.82, 2.24) is 28.9 Å². The van der Waals surface area contributed by atoms with Crippen molar-refractivity contribution in [3.8, 4) is 28.8 Å². The summed E-state index contributed by atoms with van der Waals surface area (Å²) in [5.41, 5.74) is 4.97. The summed E-state index contributed by atoms with van der Waals surface area (Å²) in [5.74, 6) is 3.17. The summed E-state index contributed by atoms with van der Waals surface area (Å²) in [5, 5.41) is 9.54. The van der Waals surface area contributed by atoms with E-state index in [-0.39, 0.29) is 0 Å². The number of ether oxygens (including phenoxy) is 1. The van der Waals surface area contributed by atoms with Gasteiger partial charge in [-0.1, -0.05) is 54.6 Å². The number of aromatic nitrogens is 6. The Labute approximate surface area is 251 Å². The molecule has 9 aromatic rings. The molecule has 5 heterocycles. The number of fused-ring (bicyclic) bond motifs is 6. The lowest BCUT2D eigenvalue weighted by Gasteiger charge is -2.10. The highest BCUT2D eigenvalue weighted by Gasteiger charge is 2.17. The third kappa shape index (κ3) is 3.80. The van der Waals surface area contributed by atoms with Crippen molar-refractivity contribution < 1.29 is 4.74 Å². The van der Waals surface area contributed by atoms with Crippen LogP contribution in [0.15, 0.2) is 146 Å². The second-order valence-electron chi connectivity index (χ2n) is 10.7. The van der Waals surface area contributed by atoms with Crippen LogP contribution in [0, 0.1) is 0 Å². The molecular weight excluding hydrogens is 544 g/mol. The lowest BCUT2D eigenvalue weighted by molar-refractivity contribution is 0.483. The van der Waals surface area contributed by atoms with E-state index in [1.54, 1.807) is 6.20 Å². The van der Waals surface area contributed by atoms with E-state index in [0.717, 1.165) is 67.2 Å². The molecule has 0 aliphatic carbocycles. The van der Waals surface area contributed by atoms with Crippen molar-refractivity contribution in [2.24, 2.45) is 0 Å². The molecule has 7 heteroatoms. The van der Waals surface area contributed by atoms with Gasteiger partial charge in [-0.05, 0) is 60.7 Å². The topological polar surface area (TPSA) is 62.7 Å². The third-order valence-electron chi connectivity index (χ3n) is 8.06. The number of hydrogen-bond donors (Lipinski definition) is 0. The van der Waals surface area contributed by atoms with Gasteiger partial charge in [-0.25, -0.2) is 14.6 Å². The number of benzene rings is 4. The molecule has 0 radical (unpaired) electrons. The van der Waals surface area contributed by atoms with Crippen molar-refractivity contribution in [2.75, 3.05) is 0 Å². The number of pyridine rings is 2. The van der Waals surface area contributed by atoms with Gasteiger partial charge in [0.1, 0.15) is 23.1 Å². The van der Waals surface area contributed by atoms with E-state index in [1.807, 2.05) is 83.7 Å². The predicted molar refractivity (Wildman–Crippen MR) is 174 cm³/mol. The van der Waals surface area contributed by atoms with Crippen molar-refractivity contribution in [1.29, 1.82) is 0 Å². The maximum Gasteiger partial charge on any atom is 0.169 e. The molecule has 0 saturated heterocycles. The first-order valence-corrected chi connectivity index (χ1v) is 14.4. The normalized spacial score (nSPS) is 11.6. The van der Waals surface area contributed by atoms with Crippen molar-refractivity contribution in [2.45, 2.75) is 0 Å². The Morgan fingerprint density at radius 2 is 1.11 bits per heavy atom. The maximum absolute atomic E-state index is 6.46. The molecule has 0 bridgehead atoms. The highest BCUT2D eigenvalue weighted by molar-refractivity contribution is 6.09. The van der Waals surface area contributed by atoms with Crippen LogP contribution in [0.5, 0.6) is 11.5 Å². The molecule has 0 atom stereocenters. The molecule has 4 aromatic carbocycles. The lowest BCUT2D eigenvalue weighted by atomic mass is 10.1. The Morgan fingerprint density at radius 3 is 1.86 bits per heavy atom. The Hall–Kier alpha value is -6.21. The first-order chi connectivity index (χ1) is 21.8. The second kappa shape index (κ2) is 9.68. The van der Waals surface area contributed by atoms with E-state index in [0.29, 0.717) is 0 Å². The minimum atomic E-state index is 0.722. The van der Waals surface area contributed by atoms with Crippen LogP contribution in [-0.4, -0.2) is 28.9 Å². The molecule has 0 amide bonds. The molecule has 0 saturated carbocycles. The Balaban J connectivity index is 1.13. The van der Waals surface area contributed by atoms with Gasteiger partial charge in [-0.15, -0.1) is 5.10 Å². The Bertz CT molecular complexity index is 2470. The monoisotopic (exact) mass is 568 g/mol. The lowest BCUT2D eigenvalue weighted by Crippen LogP contribution is -2.00. The van der Waals surface area contributed by atoms with Gasteiger partial charge >= 0.3 is 0 Å². The molecule has 0 unspecified atom stereocenters. The Kier molecular flexibility index (Phi) is 5.36. The summed E-state index contributed by atoms with van der Waals surface area (Å²) >= 11 is 0. The number of para-hydroxylation sites is 2. The van der Waals surface area contributed by atoms with E-state index in [4.69, 9.17) is 9.84 Å². The van der Waals surface area contributed by atoms with Gasteiger partial charge in [0.2, 0.25) is 0 Å². The van der Waals surface area contributed by atoms with E-state index >= 15 is 0 Å². The molecular formula is C37H24N6O. The zero-order valence-corrected chi connectivity index (χ0v) is 23.4. The average Bonchev–Trinajstić information content (AvgIpc) is 3.74. The second-order valence-corrected chi connectivity index (χ2v) is 10.7. The zero-order chi connectivity index (χ0) is 29.0. The smallest absolute Gasteiger partial charge is 0.169 e. The third-order valence-corrected chi connectivity index (χ3v) is 8.06. The van der Waals surface area contributed by atoms with Gasteiger partial charge in [0.25, 0.3) is 0 Å². The zero-order valence-electron chi connectivity index (χ0n) is 23.4. The SMILES string of the molecule is c1ccc(-n2c3ccccc3c3ccc(Oc4cccc(-n5cc6c7ccccc7n(-c7ccccn7)c6n5)c4)cc32)nc1. The minimum absolute atomic E-state index is 0.722. The first-order valence-electron chi connectivity index (χ1n) is 14.4. The van der Waals surface area contributed by atoms with Crippen LogP contribution in [0.3, 0.4) is 0 Å². The van der Waals surface area contributed by atoms with Crippen LogP contribution in [0.2, 0.25) is 0 Å². The summed E-state index contributed by atoms with van der Waals surface area (Å²) in [7, 11) is 0. The van der Waals surface area contributed by atoms with Gasteiger partial charge in [-0.3, -0.25) is 9.13 Å². The fraction of sp³-hybridized carbons (Fsp3) is 0. The predicted octanol–water partition coefficient (Wildman–Crippen LogP) is 8.65. The largest absolute Gasteiger partial charge is 0.457 e. The van der Waals surface area contributed by atoms with Gasteiger partial charge in [0.15, 0.2) is 5.65 Å². The van der Waals surface area contributed by atoms with Crippen molar-refractivity contribution in [3.63, 3.8) is 0 Å². The highest BCUT2D eigenvalue weighted by atomic mass is 16.5. The summed E-state index contributed by atoms with van der Waals surface area (Å²) in [6.45, 7) is 0. The standard InChI is InChI=1S/C37H24N6O/c1-3-14-32-28(12-1)30-19-18-27(23-34(30)42(32)35-16-5-7-20-38-35)44-26-11-9-10-25(22-26)41-24-31-29-13-2-4-15-33(29)43(37(31)40-41)36-17-6-8-21-39-36/h1-24H. The Morgan fingerprint density at radius 1 is 0.477 bits per heavy atom. The van der Waals surface area contributed by atoms with Crippen molar-refractivity contribution in [3.05, 3.63) is 146 Å². The minimum Gasteiger partial charge on any atom is -0.457 e. The molecule has 0 aliphatic rings. The quantitative estimate of drug-likeness (QED) is 0.208. The summed E-state index contributed by atoms with van der Waals surface area (Å²) in [4.78, 5) is 9.26. The van der Waals surface area contributed by atoms with Gasteiger partial charge < -0.3 is 4.74 Å². The molecule has 0 fully saturated rings. The average molecular weight is 569 g/mol. The molecule has 7 nitrogen and oxygen atoms in total. The van der Waals surface area contributed by atoms with Crippen LogP contribution in [0.25, 0.3) is 61.1 Å². The fourth-order valence-corrected chi connectivity index (χ4v) is 6.15. The fourth-order valence-electron chi connectivity index (χ4n) is 6.15. The summed E-state index contributed by atoms with van der Waals surface area (Å²) in [6.07, 6.45) is 5.70. The van der Waals surface area contributed by atoms with Gasteiger partial charge in [0, 0.05) is 52.3 Å². The molecule has 0 N–H and O–H groups in total. The summed E-state index contributed by atoms with van der Waals surface area (Å²) < 4.78 is 12.7. The number of rotatable bonds is 5. The molecule has 0 aliphatic heterocycles. The van der Waals surface area contributed by atoms with Crippen molar-refractivity contribution >= 4 is 43.7 Å². The maximum atomic E-state index is 6.46. The molecule has 44 heavy (non-hydrogen) atoms. The van der Waals surface area contributed by atoms with E-state index in [1.165, 1.54) is 5.39 Å². The van der Waals surface area contributed by atoms with Crippen LogP contribution in [0.4, 0.5) is 0 Å². The van der Waals surface area contributed by atoms with E-state index in [9.17, 15) is 0 Å². The highest BCUT2D eigenvalue weighted by Crippen LogP contribution is 2.36. The van der Waals surface area contributed by atoms with E-state index in [2.05, 4.69) is 79.9 Å². The molecule has 208 valence electrons. The number of hydrogen-bond acceptors (Lipinski definition) is 4.